The van der Waals surface area contributed by atoms with Crippen molar-refractivity contribution in [3.05, 3.63) is 9.81 Å². The molecule has 0 saturated carbocycles. The Kier molecular flexibility index (Phi) is 2.38. The van der Waals surface area contributed by atoms with Gasteiger partial charge < -0.3 is 0 Å². The molecule has 0 aromatic rings. The van der Waals surface area contributed by atoms with Gasteiger partial charge in [-0.05, 0) is 6.92 Å². The van der Waals surface area contributed by atoms with E-state index in [-0.39, 0.29) is 11.8 Å². The van der Waals surface area contributed by atoms with Crippen LogP contribution in [0.1, 0.15) is 6.92 Å². The predicted octanol–water partition coefficient (Wildman–Crippen LogP) is 1.07. The second kappa shape index (κ2) is 3.38. The van der Waals surface area contributed by atoms with Crippen LogP contribution in [0.5, 0.6) is 0 Å². The summed E-state index contributed by atoms with van der Waals surface area (Å²) in [5.41, 5.74) is 0. The Morgan fingerprint density at radius 3 is 2.00 bits per heavy atom. The maximum absolute atomic E-state index is 11.6. The largest absolute Gasteiger partial charge is 0.274 e. The quantitative estimate of drug-likeness (QED) is 0.613. The van der Waals surface area contributed by atoms with Crippen molar-refractivity contribution in [3.63, 3.8) is 0 Å². The lowest BCUT2D eigenvalue weighted by Crippen LogP contribution is -2.30. The van der Waals surface area contributed by atoms with Gasteiger partial charge in [-0.2, -0.15) is 0 Å². The molecule has 0 spiro atoms. The molecule has 2 aliphatic heterocycles. The molecular formula is C8H9NO2S2. The number of nitrogens with zero attached hydrogens (tertiary/aromatic N) is 1. The van der Waals surface area contributed by atoms with Crippen molar-refractivity contribution in [2.24, 2.45) is 0 Å². The standard InChI is InChI=1S/C8H9NO2S2/c1-2-9-7(10)5-6(8(9)11)13-4-3-12-5/h2-4H2,1H3. The van der Waals surface area contributed by atoms with Gasteiger partial charge in [-0.3, -0.25) is 14.5 Å². The minimum Gasteiger partial charge on any atom is -0.274 e. The van der Waals surface area contributed by atoms with Crippen LogP contribution < -0.4 is 0 Å². The second-order valence-electron chi connectivity index (χ2n) is 2.71. The molecule has 2 rings (SSSR count). The van der Waals surface area contributed by atoms with Crippen molar-refractivity contribution >= 4 is 35.3 Å². The van der Waals surface area contributed by atoms with Gasteiger partial charge in [0.1, 0.15) is 0 Å². The van der Waals surface area contributed by atoms with Crippen LogP contribution in [0.2, 0.25) is 0 Å². The maximum Gasteiger partial charge on any atom is 0.268 e. The van der Waals surface area contributed by atoms with Gasteiger partial charge in [-0.1, -0.05) is 0 Å². The lowest BCUT2D eigenvalue weighted by molar-refractivity contribution is -0.136. The van der Waals surface area contributed by atoms with Crippen LogP contribution in [0.25, 0.3) is 0 Å². The molecule has 0 aromatic carbocycles. The third kappa shape index (κ3) is 1.30. The fraction of sp³-hybridized carbons (Fsp3) is 0.500. The van der Waals surface area contributed by atoms with Gasteiger partial charge in [0.2, 0.25) is 0 Å². The molecule has 0 atom stereocenters. The van der Waals surface area contributed by atoms with E-state index in [1.807, 2.05) is 6.92 Å². The average Bonchev–Trinajstić information content (AvgIpc) is 2.41. The number of amides is 2. The van der Waals surface area contributed by atoms with E-state index in [1.165, 1.54) is 28.4 Å². The van der Waals surface area contributed by atoms with E-state index in [1.54, 1.807) is 0 Å². The van der Waals surface area contributed by atoms with Gasteiger partial charge in [0, 0.05) is 18.1 Å². The van der Waals surface area contributed by atoms with Gasteiger partial charge in [0.25, 0.3) is 11.8 Å². The van der Waals surface area contributed by atoms with Gasteiger partial charge in [0.05, 0.1) is 9.81 Å². The summed E-state index contributed by atoms with van der Waals surface area (Å²) in [6.45, 7) is 2.30. The van der Waals surface area contributed by atoms with Gasteiger partial charge in [0.15, 0.2) is 0 Å². The molecule has 2 aliphatic rings. The summed E-state index contributed by atoms with van der Waals surface area (Å²) in [5, 5.41) is 0. The monoisotopic (exact) mass is 215 g/mol. The normalized spacial score (nSPS) is 22.7. The average molecular weight is 215 g/mol. The number of carbonyl (C=O) groups excluding carboxylic acids is 2. The van der Waals surface area contributed by atoms with Crippen LogP contribution >= 0.6 is 23.5 Å². The second-order valence-corrected chi connectivity index (χ2v) is 4.92. The Morgan fingerprint density at radius 2 is 1.62 bits per heavy atom. The first-order valence-electron chi connectivity index (χ1n) is 4.11. The fourth-order valence-corrected chi connectivity index (χ4v) is 3.69. The third-order valence-electron chi connectivity index (χ3n) is 1.98. The lowest BCUT2D eigenvalue weighted by atomic mass is 10.5. The maximum atomic E-state index is 11.6. The molecule has 0 saturated heterocycles. The third-order valence-corrected chi connectivity index (χ3v) is 4.52. The summed E-state index contributed by atoms with van der Waals surface area (Å²) < 4.78 is 0. The molecule has 5 heteroatoms. The Bertz CT molecular complexity index is 283. The molecule has 13 heavy (non-hydrogen) atoms. The predicted molar refractivity (Wildman–Crippen MR) is 54.3 cm³/mol. The first-order chi connectivity index (χ1) is 6.25. The molecule has 3 nitrogen and oxygen atoms in total. The van der Waals surface area contributed by atoms with E-state index >= 15 is 0 Å². The van der Waals surface area contributed by atoms with E-state index < -0.39 is 0 Å². The molecule has 0 bridgehead atoms. The zero-order chi connectivity index (χ0) is 9.42. The highest BCUT2D eigenvalue weighted by Gasteiger charge is 2.39. The summed E-state index contributed by atoms with van der Waals surface area (Å²) in [6, 6.07) is 0. The molecular weight excluding hydrogens is 206 g/mol. The molecule has 70 valence electrons. The SMILES string of the molecule is CCN1C(=O)C2=C(SCCS2)C1=O. The Labute approximate surface area is 84.9 Å². The highest BCUT2D eigenvalue weighted by Crippen LogP contribution is 2.40. The van der Waals surface area contributed by atoms with Gasteiger partial charge in [-0.25, -0.2) is 0 Å². The zero-order valence-corrected chi connectivity index (χ0v) is 8.83. The number of imide groups is 1. The van der Waals surface area contributed by atoms with Crippen LogP contribution in [-0.2, 0) is 9.59 Å². The van der Waals surface area contributed by atoms with Crippen LogP contribution in [-0.4, -0.2) is 34.8 Å². The van der Waals surface area contributed by atoms with E-state index in [0.29, 0.717) is 16.4 Å². The summed E-state index contributed by atoms with van der Waals surface area (Å²) >= 11 is 3.02. The van der Waals surface area contributed by atoms with E-state index in [4.69, 9.17) is 0 Å². The van der Waals surface area contributed by atoms with Crippen molar-refractivity contribution in [2.45, 2.75) is 6.92 Å². The minimum atomic E-state index is -0.0975. The summed E-state index contributed by atoms with van der Waals surface area (Å²) in [7, 11) is 0. The summed E-state index contributed by atoms with van der Waals surface area (Å²) in [5.74, 6) is 1.67. The summed E-state index contributed by atoms with van der Waals surface area (Å²) in [4.78, 5) is 25.8. The topological polar surface area (TPSA) is 37.4 Å². The number of carbonyl (C=O) groups is 2. The van der Waals surface area contributed by atoms with Gasteiger partial charge >= 0.3 is 0 Å². The Morgan fingerprint density at radius 1 is 1.15 bits per heavy atom. The highest BCUT2D eigenvalue weighted by atomic mass is 32.2. The molecule has 2 heterocycles. The molecule has 2 amide bonds. The first kappa shape index (κ1) is 9.15. The molecule has 0 radical (unpaired) electrons. The number of hydrogen-bond donors (Lipinski definition) is 0. The van der Waals surface area contributed by atoms with Crippen molar-refractivity contribution in [1.29, 1.82) is 0 Å². The van der Waals surface area contributed by atoms with Crippen LogP contribution in [0.4, 0.5) is 0 Å². The molecule has 0 N–H and O–H groups in total. The van der Waals surface area contributed by atoms with Crippen molar-refractivity contribution in [3.8, 4) is 0 Å². The number of thioether (sulfide) groups is 2. The lowest BCUT2D eigenvalue weighted by Gasteiger charge is -2.09. The van der Waals surface area contributed by atoms with E-state index in [9.17, 15) is 9.59 Å². The highest BCUT2D eigenvalue weighted by molar-refractivity contribution is 8.11. The van der Waals surface area contributed by atoms with Crippen LogP contribution in [0, 0.1) is 0 Å². The van der Waals surface area contributed by atoms with E-state index in [0.717, 1.165) is 11.5 Å². The van der Waals surface area contributed by atoms with Crippen LogP contribution in [0.3, 0.4) is 0 Å². The summed E-state index contributed by atoms with van der Waals surface area (Å²) in [6.07, 6.45) is 0. The number of hydrogen-bond acceptors (Lipinski definition) is 4. The zero-order valence-electron chi connectivity index (χ0n) is 7.20. The minimum absolute atomic E-state index is 0.0975. The molecule has 0 unspecified atom stereocenters. The van der Waals surface area contributed by atoms with E-state index in [2.05, 4.69) is 0 Å². The Balaban J connectivity index is 2.35. The van der Waals surface area contributed by atoms with Gasteiger partial charge in [-0.15, -0.1) is 23.5 Å². The van der Waals surface area contributed by atoms with Crippen LogP contribution in [0.15, 0.2) is 9.81 Å². The molecule has 0 aliphatic carbocycles. The smallest absolute Gasteiger partial charge is 0.268 e. The van der Waals surface area contributed by atoms with Crippen molar-refractivity contribution < 1.29 is 9.59 Å². The van der Waals surface area contributed by atoms with Crippen molar-refractivity contribution in [1.82, 2.24) is 4.90 Å². The Hall–Kier alpha value is -0.420. The molecule has 0 fully saturated rings. The fourth-order valence-electron chi connectivity index (χ4n) is 1.36. The number of rotatable bonds is 1. The molecule has 0 aromatic heterocycles. The number of likely N-dealkylation sites (N-methyl/N-ethyl adjacent to an activating group) is 1. The first-order valence-corrected chi connectivity index (χ1v) is 6.09. The van der Waals surface area contributed by atoms with Crippen molar-refractivity contribution in [2.75, 3.05) is 18.1 Å².